The van der Waals surface area contributed by atoms with E-state index in [1.165, 1.54) is 17.7 Å². The lowest BCUT2D eigenvalue weighted by atomic mass is 10.3. The molecule has 0 amide bonds. The highest BCUT2D eigenvalue weighted by atomic mass is 32.1. The molecule has 0 aromatic carbocycles. The van der Waals surface area contributed by atoms with Crippen LogP contribution in [0.5, 0.6) is 0 Å². The molecule has 0 aliphatic rings. The molecule has 4 rings (SSSR count). The zero-order valence-corrected chi connectivity index (χ0v) is 13.2. The molecule has 0 spiro atoms. The minimum Gasteiger partial charge on any atom is -0.327 e. The largest absolute Gasteiger partial charge is 0.327 e. The molecular formula is C14H12FN7S. The van der Waals surface area contributed by atoms with Gasteiger partial charge < -0.3 is 5.32 Å². The highest BCUT2D eigenvalue weighted by molar-refractivity contribution is 7.10. The summed E-state index contributed by atoms with van der Waals surface area (Å²) in [4.78, 5) is 8.28. The monoisotopic (exact) mass is 329 g/mol. The predicted molar refractivity (Wildman–Crippen MR) is 85.3 cm³/mol. The third-order valence-electron chi connectivity index (χ3n) is 3.33. The van der Waals surface area contributed by atoms with Crippen molar-refractivity contribution >= 4 is 28.0 Å². The molecule has 4 heterocycles. The van der Waals surface area contributed by atoms with Gasteiger partial charge in [-0.05, 0) is 24.5 Å². The van der Waals surface area contributed by atoms with Gasteiger partial charge in [0.05, 0.1) is 30.0 Å². The third kappa shape index (κ3) is 2.44. The van der Waals surface area contributed by atoms with E-state index in [0.717, 1.165) is 22.0 Å². The lowest BCUT2D eigenvalue weighted by molar-refractivity contribution is 0.577. The van der Waals surface area contributed by atoms with Gasteiger partial charge in [-0.3, -0.25) is 9.08 Å². The molecule has 0 atom stereocenters. The number of aromatic nitrogens is 6. The Hall–Kier alpha value is -2.81. The molecule has 116 valence electrons. The molecule has 0 aliphatic heterocycles. The zero-order chi connectivity index (χ0) is 16.0. The van der Waals surface area contributed by atoms with E-state index in [1.54, 1.807) is 21.5 Å². The van der Waals surface area contributed by atoms with Gasteiger partial charge in [0.15, 0.2) is 11.5 Å². The molecule has 0 saturated carbocycles. The zero-order valence-electron chi connectivity index (χ0n) is 12.4. The maximum Gasteiger partial charge on any atom is 0.231 e. The fourth-order valence-electron chi connectivity index (χ4n) is 2.35. The van der Waals surface area contributed by atoms with Crippen LogP contribution in [0, 0.1) is 12.9 Å². The van der Waals surface area contributed by atoms with Crippen molar-refractivity contribution in [3.8, 4) is 11.3 Å². The maximum atomic E-state index is 14.0. The third-order valence-corrected chi connectivity index (χ3v) is 4.13. The Morgan fingerprint density at radius 3 is 2.83 bits per heavy atom. The van der Waals surface area contributed by atoms with E-state index in [4.69, 9.17) is 0 Å². The van der Waals surface area contributed by atoms with Crippen LogP contribution in [0.25, 0.3) is 16.9 Å². The molecule has 0 unspecified atom stereocenters. The molecule has 0 bridgehead atoms. The van der Waals surface area contributed by atoms with Gasteiger partial charge in [0, 0.05) is 18.8 Å². The molecular weight excluding hydrogens is 317 g/mol. The Labute approximate surface area is 134 Å². The number of rotatable bonds is 3. The second-order valence-electron chi connectivity index (χ2n) is 5.11. The molecule has 7 nitrogen and oxygen atoms in total. The van der Waals surface area contributed by atoms with Gasteiger partial charge in [0.1, 0.15) is 5.00 Å². The predicted octanol–water partition coefficient (Wildman–Crippen LogP) is 2.78. The van der Waals surface area contributed by atoms with Crippen LogP contribution >= 0.6 is 11.5 Å². The Bertz CT molecular complexity index is 1000. The molecule has 0 fully saturated rings. The van der Waals surface area contributed by atoms with E-state index in [9.17, 15) is 4.39 Å². The summed E-state index contributed by atoms with van der Waals surface area (Å²) in [6, 6.07) is 1.87. The number of aryl methyl sites for hydroxylation is 2. The summed E-state index contributed by atoms with van der Waals surface area (Å²) in [5, 5.41) is 8.00. The average molecular weight is 329 g/mol. The topological polar surface area (TPSA) is 72.9 Å². The number of hydrogen-bond acceptors (Lipinski definition) is 6. The number of imidazole rings is 1. The van der Waals surface area contributed by atoms with Crippen molar-refractivity contribution in [1.29, 1.82) is 0 Å². The lowest BCUT2D eigenvalue weighted by Gasteiger charge is -2.05. The minimum absolute atomic E-state index is 0.351. The van der Waals surface area contributed by atoms with Crippen LogP contribution < -0.4 is 5.32 Å². The van der Waals surface area contributed by atoms with Crippen LogP contribution in [0.15, 0.2) is 30.9 Å². The van der Waals surface area contributed by atoms with Crippen molar-refractivity contribution in [1.82, 2.24) is 28.5 Å². The Kier molecular flexibility index (Phi) is 3.08. The van der Waals surface area contributed by atoms with E-state index >= 15 is 0 Å². The van der Waals surface area contributed by atoms with Crippen molar-refractivity contribution in [2.45, 2.75) is 6.92 Å². The van der Waals surface area contributed by atoms with Crippen LogP contribution in [-0.4, -0.2) is 28.5 Å². The molecule has 9 heteroatoms. The summed E-state index contributed by atoms with van der Waals surface area (Å²) in [6.07, 6.45) is 6.55. The summed E-state index contributed by atoms with van der Waals surface area (Å²) < 4.78 is 21.5. The normalized spacial score (nSPS) is 11.3. The standard InChI is InChI=1S/C14H12FN7S/c1-8-3-12(23-20-8)19-13-14-16-5-10(9-4-17-21(2)6-9)22(14)7-11(15)18-13/h3-7H,1-2H3,(H,18,19). The van der Waals surface area contributed by atoms with Gasteiger partial charge in [0.2, 0.25) is 5.95 Å². The molecule has 0 aliphatic carbocycles. The van der Waals surface area contributed by atoms with Crippen LogP contribution in [0.1, 0.15) is 5.69 Å². The fraction of sp³-hybridized carbons (Fsp3) is 0.143. The van der Waals surface area contributed by atoms with Gasteiger partial charge in [-0.15, -0.1) is 0 Å². The van der Waals surface area contributed by atoms with Gasteiger partial charge in [0.25, 0.3) is 0 Å². The van der Waals surface area contributed by atoms with E-state index in [2.05, 4.69) is 24.8 Å². The number of fused-ring (bicyclic) bond motifs is 1. The fourth-order valence-corrected chi connectivity index (χ4v) is 3.01. The van der Waals surface area contributed by atoms with Crippen LogP contribution in [0.4, 0.5) is 15.2 Å². The first kappa shape index (κ1) is 13.8. The summed E-state index contributed by atoms with van der Waals surface area (Å²) >= 11 is 1.29. The highest BCUT2D eigenvalue weighted by Crippen LogP contribution is 2.27. The smallest absolute Gasteiger partial charge is 0.231 e. The Balaban J connectivity index is 1.84. The minimum atomic E-state index is -0.593. The number of anilines is 2. The summed E-state index contributed by atoms with van der Waals surface area (Å²) in [7, 11) is 1.83. The Morgan fingerprint density at radius 2 is 2.13 bits per heavy atom. The molecule has 4 aromatic rings. The molecule has 1 N–H and O–H groups in total. The van der Waals surface area contributed by atoms with E-state index in [0.29, 0.717) is 11.5 Å². The molecule has 0 radical (unpaired) electrons. The SMILES string of the molecule is Cc1cc(Nc2nc(F)cn3c(-c4cnn(C)c4)cnc23)sn1. The van der Waals surface area contributed by atoms with Crippen LogP contribution in [-0.2, 0) is 7.05 Å². The van der Waals surface area contributed by atoms with Gasteiger partial charge in [-0.2, -0.15) is 18.8 Å². The van der Waals surface area contributed by atoms with Gasteiger partial charge in [-0.1, -0.05) is 0 Å². The number of nitrogens with zero attached hydrogens (tertiary/aromatic N) is 6. The first-order valence-corrected chi connectivity index (χ1v) is 7.60. The Morgan fingerprint density at radius 1 is 1.26 bits per heavy atom. The summed E-state index contributed by atoms with van der Waals surface area (Å²) in [5.74, 6) is -0.242. The molecule has 4 aromatic heterocycles. The van der Waals surface area contributed by atoms with E-state index in [1.807, 2.05) is 26.2 Å². The number of hydrogen-bond donors (Lipinski definition) is 1. The second-order valence-corrected chi connectivity index (χ2v) is 5.91. The van der Waals surface area contributed by atoms with E-state index < -0.39 is 5.95 Å². The van der Waals surface area contributed by atoms with Crippen molar-refractivity contribution < 1.29 is 4.39 Å². The van der Waals surface area contributed by atoms with Crippen LogP contribution in [0.2, 0.25) is 0 Å². The lowest BCUT2D eigenvalue weighted by Crippen LogP contribution is -2.00. The number of halogens is 1. The number of nitrogens with one attached hydrogen (secondary N) is 1. The van der Waals surface area contributed by atoms with Crippen molar-refractivity contribution in [3.63, 3.8) is 0 Å². The molecule has 0 saturated heterocycles. The van der Waals surface area contributed by atoms with Crippen molar-refractivity contribution in [2.24, 2.45) is 7.05 Å². The quantitative estimate of drug-likeness (QED) is 0.626. The average Bonchev–Trinajstić information content (AvgIpc) is 3.19. The van der Waals surface area contributed by atoms with Gasteiger partial charge in [-0.25, -0.2) is 4.98 Å². The molecule has 23 heavy (non-hydrogen) atoms. The summed E-state index contributed by atoms with van der Waals surface area (Å²) in [6.45, 7) is 1.90. The van der Waals surface area contributed by atoms with Crippen molar-refractivity contribution in [2.75, 3.05) is 5.32 Å². The van der Waals surface area contributed by atoms with Gasteiger partial charge >= 0.3 is 0 Å². The first-order chi connectivity index (χ1) is 11.1. The van der Waals surface area contributed by atoms with Crippen molar-refractivity contribution in [3.05, 3.63) is 42.5 Å². The first-order valence-electron chi connectivity index (χ1n) is 6.83. The maximum absolute atomic E-state index is 14.0. The highest BCUT2D eigenvalue weighted by Gasteiger charge is 2.14. The second kappa shape index (κ2) is 5.13. The van der Waals surface area contributed by atoms with E-state index in [-0.39, 0.29) is 0 Å². The van der Waals surface area contributed by atoms with Crippen LogP contribution in [0.3, 0.4) is 0 Å². The summed E-state index contributed by atoms with van der Waals surface area (Å²) in [5.41, 5.74) is 3.03.